The van der Waals surface area contributed by atoms with Crippen molar-refractivity contribution in [3.63, 3.8) is 0 Å². The van der Waals surface area contributed by atoms with Crippen molar-refractivity contribution >= 4 is 0 Å². The third-order valence-electron chi connectivity index (χ3n) is 2.15. The fourth-order valence-electron chi connectivity index (χ4n) is 1.06. The van der Waals surface area contributed by atoms with Gasteiger partial charge in [-0.15, -0.1) is 5.10 Å². The van der Waals surface area contributed by atoms with Crippen molar-refractivity contribution in [3.8, 4) is 0 Å². The van der Waals surface area contributed by atoms with Crippen LogP contribution < -0.4 is 5.32 Å². The van der Waals surface area contributed by atoms with Crippen LogP contribution in [0, 0.1) is 5.41 Å². The topological polar surface area (TPSA) is 63.0 Å². The van der Waals surface area contributed by atoms with Crippen LogP contribution in [0.25, 0.3) is 0 Å². The second-order valence-electron chi connectivity index (χ2n) is 4.27. The first kappa shape index (κ1) is 11.1. The van der Waals surface area contributed by atoms with Gasteiger partial charge >= 0.3 is 0 Å². The van der Waals surface area contributed by atoms with Crippen molar-refractivity contribution in [1.82, 2.24) is 20.3 Å². The highest BCUT2D eigenvalue weighted by molar-refractivity contribution is 4.92. The summed E-state index contributed by atoms with van der Waals surface area (Å²) in [5, 5.41) is 19.9. The molecule has 0 saturated carbocycles. The van der Waals surface area contributed by atoms with Gasteiger partial charge in [-0.05, 0) is 0 Å². The molecule has 0 atom stereocenters. The van der Waals surface area contributed by atoms with Crippen LogP contribution in [0.3, 0.4) is 0 Å². The lowest BCUT2D eigenvalue weighted by Gasteiger charge is -2.21. The lowest BCUT2D eigenvalue weighted by Crippen LogP contribution is -2.32. The summed E-state index contributed by atoms with van der Waals surface area (Å²) in [7, 11) is 1.86. The van der Waals surface area contributed by atoms with Crippen LogP contribution in [0.2, 0.25) is 0 Å². The van der Waals surface area contributed by atoms with Gasteiger partial charge in [0.2, 0.25) is 0 Å². The number of nitrogens with one attached hydrogen (secondary N) is 1. The van der Waals surface area contributed by atoms with Crippen LogP contribution in [0.1, 0.15) is 19.5 Å². The highest BCUT2D eigenvalue weighted by Crippen LogP contribution is 2.11. The van der Waals surface area contributed by atoms with Gasteiger partial charge in [0.15, 0.2) is 0 Å². The van der Waals surface area contributed by atoms with Gasteiger partial charge in [0.05, 0.1) is 11.9 Å². The minimum atomic E-state index is -0.0774. The zero-order valence-electron chi connectivity index (χ0n) is 8.99. The normalized spacial score (nSPS) is 12.0. The minimum Gasteiger partial charge on any atom is -0.396 e. The van der Waals surface area contributed by atoms with Gasteiger partial charge in [-0.2, -0.15) is 0 Å². The molecule has 1 aromatic rings. The molecule has 0 aliphatic carbocycles. The Labute approximate surface area is 84.1 Å². The molecule has 5 nitrogen and oxygen atoms in total. The molecule has 0 unspecified atom stereocenters. The second kappa shape index (κ2) is 4.52. The predicted octanol–water partition coefficient (Wildman–Crippen LogP) is -0.0768. The van der Waals surface area contributed by atoms with Crippen molar-refractivity contribution in [1.29, 1.82) is 0 Å². The van der Waals surface area contributed by atoms with Gasteiger partial charge in [-0.25, -0.2) is 0 Å². The van der Waals surface area contributed by atoms with E-state index in [2.05, 4.69) is 15.6 Å². The molecule has 0 amide bonds. The molecule has 14 heavy (non-hydrogen) atoms. The van der Waals surface area contributed by atoms with Crippen LogP contribution in [0.15, 0.2) is 6.20 Å². The first-order valence-corrected chi connectivity index (χ1v) is 4.70. The molecular weight excluding hydrogens is 180 g/mol. The summed E-state index contributed by atoms with van der Waals surface area (Å²) in [6, 6.07) is 0. The van der Waals surface area contributed by atoms with E-state index in [0.717, 1.165) is 18.8 Å². The van der Waals surface area contributed by atoms with E-state index in [-0.39, 0.29) is 12.0 Å². The third kappa shape index (κ3) is 3.08. The van der Waals surface area contributed by atoms with Crippen molar-refractivity contribution < 1.29 is 5.11 Å². The van der Waals surface area contributed by atoms with Crippen LogP contribution in [-0.2, 0) is 13.6 Å². The Hall–Kier alpha value is -0.940. The number of nitrogens with zero attached hydrogens (tertiary/aromatic N) is 3. The number of hydrogen-bond donors (Lipinski definition) is 2. The Morgan fingerprint density at radius 2 is 2.29 bits per heavy atom. The number of aromatic nitrogens is 3. The van der Waals surface area contributed by atoms with E-state index in [0.29, 0.717) is 0 Å². The highest BCUT2D eigenvalue weighted by Gasteiger charge is 2.15. The van der Waals surface area contributed by atoms with Gasteiger partial charge in [0.1, 0.15) is 0 Å². The molecule has 1 aromatic heterocycles. The fraction of sp³-hybridized carbons (Fsp3) is 0.778. The van der Waals surface area contributed by atoms with Gasteiger partial charge in [0, 0.05) is 32.2 Å². The number of aryl methyl sites for hydroxylation is 1. The molecule has 2 N–H and O–H groups in total. The van der Waals surface area contributed by atoms with E-state index in [1.807, 2.05) is 20.9 Å². The van der Waals surface area contributed by atoms with Crippen molar-refractivity contribution in [2.45, 2.75) is 20.4 Å². The van der Waals surface area contributed by atoms with Crippen LogP contribution in [0.4, 0.5) is 0 Å². The minimum absolute atomic E-state index is 0.0774. The van der Waals surface area contributed by atoms with Gasteiger partial charge in [-0.1, -0.05) is 19.1 Å². The maximum absolute atomic E-state index is 9.04. The van der Waals surface area contributed by atoms with Crippen LogP contribution in [0.5, 0.6) is 0 Å². The Bertz CT molecular complexity index is 282. The summed E-state index contributed by atoms with van der Waals surface area (Å²) in [4.78, 5) is 0. The first-order valence-electron chi connectivity index (χ1n) is 4.70. The Balaban J connectivity index is 2.32. The van der Waals surface area contributed by atoms with Crippen LogP contribution >= 0.6 is 0 Å². The zero-order chi connectivity index (χ0) is 10.6. The zero-order valence-corrected chi connectivity index (χ0v) is 8.99. The van der Waals surface area contributed by atoms with E-state index >= 15 is 0 Å². The average molecular weight is 198 g/mol. The van der Waals surface area contributed by atoms with Gasteiger partial charge in [-0.3, -0.25) is 4.68 Å². The third-order valence-corrected chi connectivity index (χ3v) is 2.15. The van der Waals surface area contributed by atoms with E-state index < -0.39 is 0 Å². The molecule has 0 fully saturated rings. The molecule has 0 saturated heterocycles. The van der Waals surface area contributed by atoms with E-state index in [1.54, 1.807) is 10.9 Å². The number of aliphatic hydroxyl groups is 1. The summed E-state index contributed by atoms with van der Waals surface area (Å²) in [5.74, 6) is 0. The maximum atomic E-state index is 9.04. The summed E-state index contributed by atoms with van der Waals surface area (Å²) in [5.41, 5.74) is 0.963. The Morgan fingerprint density at radius 3 is 2.79 bits per heavy atom. The Kier molecular flexibility index (Phi) is 3.60. The summed E-state index contributed by atoms with van der Waals surface area (Å²) >= 11 is 0. The molecule has 0 spiro atoms. The van der Waals surface area contributed by atoms with Crippen molar-refractivity contribution in [2.24, 2.45) is 12.5 Å². The number of aliphatic hydroxyl groups excluding tert-OH is 1. The second-order valence-corrected chi connectivity index (χ2v) is 4.27. The molecule has 80 valence electrons. The number of hydrogen-bond acceptors (Lipinski definition) is 4. The highest BCUT2D eigenvalue weighted by atomic mass is 16.3. The lowest BCUT2D eigenvalue weighted by atomic mass is 9.95. The summed E-state index contributed by atoms with van der Waals surface area (Å²) in [6.07, 6.45) is 1.74. The summed E-state index contributed by atoms with van der Waals surface area (Å²) < 4.78 is 1.74. The standard InChI is InChI=1S/C9H18N4O/c1-9(2,7-14)6-10-4-8-5-11-12-13(8)3/h5,10,14H,4,6-7H2,1-3H3. The molecule has 1 rings (SSSR count). The molecular formula is C9H18N4O. The molecule has 0 bridgehead atoms. The average Bonchev–Trinajstić information content (AvgIpc) is 2.52. The monoisotopic (exact) mass is 198 g/mol. The van der Waals surface area contributed by atoms with E-state index in [4.69, 9.17) is 5.11 Å². The Morgan fingerprint density at radius 1 is 1.57 bits per heavy atom. The maximum Gasteiger partial charge on any atom is 0.0738 e. The fourth-order valence-corrected chi connectivity index (χ4v) is 1.06. The SMILES string of the molecule is Cn1nncc1CNCC(C)(C)CO. The smallest absolute Gasteiger partial charge is 0.0738 e. The summed E-state index contributed by atoms with van der Waals surface area (Å²) in [6.45, 7) is 5.72. The number of rotatable bonds is 5. The predicted molar refractivity (Wildman–Crippen MR) is 53.6 cm³/mol. The quantitative estimate of drug-likeness (QED) is 0.695. The molecule has 1 heterocycles. The van der Waals surface area contributed by atoms with Crippen molar-refractivity contribution in [2.75, 3.05) is 13.2 Å². The van der Waals surface area contributed by atoms with Gasteiger partial charge < -0.3 is 10.4 Å². The lowest BCUT2D eigenvalue weighted by molar-refractivity contribution is 0.156. The molecule has 0 aromatic carbocycles. The molecule has 0 aliphatic rings. The van der Waals surface area contributed by atoms with Crippen LogP contribution in [-0.4, -0.2) is 33.3 Å². The first-order chi connectivity index (χ1) is 6.55. The molecule has 5 heteroatoms. The molecule has 0 radical (unpaired) electrons. The van der Waals surface area contributed by atoms with Gasteiger partial charge in [0.25, 0.3) is 0 Å². The van der Waals surface area contributed by atoms with E-state index in [9.17, 15) is 0 Å². The largest absolute Gasteiger partial charge is 0.396 e. The van der Waals surface area contributed by atoms with E-state index in [1.165, 1.54) is 0 Å². The van der Waals surface area contributed by atoms with Crippen molar-refractivity contribution in [3.05, 3.63) is 11.9 Å². The molecule has 0 aliphatic heterocycles.